The number of benzene rings is 2. The summed E-state index contributed by atoms with van der Waals surface area (Å²) in [6.45, 7) is 1.41. The molecule has 0 fully saturated rings. The molecule has 2 aromatic rings. The Bertz CT molecular complexity index is 762. The first-order valence-electron chi connectivity index (χ1n) is 6.97. The van der Waals surface area contributed by atoms with Crippen molar-refractivity contribution in [2.24, 2.45) is 0 Å². The van der Waals surface area contributed by atoms with E-state index in [1.165, 1.54) is 7.11 Å². The molecule has 2 rings (SSSR count). The highest BCUT2D eigenvalue weighted by Gasteiger charge is 2.13. The van der Waals surface area contributed by atoms with E-state index >= 15 is 0 Å². The lowest BCUT2D eigenvalue weighted by molar-refractivity contribution is -0.119. The van der Waals surface area contributed by atoms with Crippen LogP contribution in [-0.4, -0.2) is 25.6 Å². The maximum Gasteiger partial charge on any atom is 0.338 e. The Kier molecular flexibility index (Phi) is 6.23. The summed E-state index contributed by atoms with van der Waals surface area (Å²) in [5.41, 5.74) is 1.62. The van der Waals surface area contributed by atoms with Crippen molar-refractivity contribution in [2.45, 2.75) is 6.92 Å². The van der Waals surface area contributed by atoms with Crippen molar-refractivity contribution in [1.29, 1.82) is 0 Å². The van der Waals surface area contributed by atoms with Crippen LogP contribution >= 0.6 is 27.5 Å². The number of carbonyl (C=O) groups is 2. The molecule has 5 nitrogen and oxygen atoms in total. The highest BCUT2D eigenvalue weighted by atomic mass is 79.9. The first-order valence-corrected chi connectivity index (χ1v) is 8.14. The molecule has 0 atom stereocenters. The van der Waals surface area contributed by atoms with Gasteiger partial charge in [0, 0.05) is 15.6 Å². The number of halogens is 2. The Hall–Kier alpha value is -2.05. The fourth-order valence-electron chi connectivity index (χ4n) is 1.92. The predicted octanol–water partition coefficient (Wildman–Crippen LogP) is 4.22. The van der Waals surface area contributed by atoms with Crippen LogP contribution in [0.25, 0.3) is 0 Å². The van der Waals surface area contributed by atoms with Crippen molar-refractivity contribution >= 4 is 45.1 Å². The highest BCUT2D eigenvalue weighted by Crippen LogP contribution is 2.30. The topological polar surface area (TPSA) is 64.6 Å². The van der Waals surface area contributed by atoms with Gasteiger partial charge in [0.25, 0.3) is 5.91 Å². The van der Waals surface area contributed by atoms with Crippen LogP contribution in [0.1, 0.15) is 15.9 Å². The standard InChI is InChI=1S/C17H15BrClNO4/c1-10-7-14(15(23-2)8-13(10)19)20-16(21)9-24-17(22)11-3-5-12(18)6-4-11/h3-8H,9H2,1-2H3,(H,20,21). The lowest BCUT2D eigenvalue weighted by atomic mass is 10.2. The number of ether oxygens (including phenoxy) is 2. The fourth-order valence-corrected chi connectivity index (χ4v) is 2.33. The molecule has 0 aliphatic heterocycles. The van der Waals surface area contributed by atoms with Gasteiger partial charge in [0.05, 0.1) is 18.4 Å². The number of hydrogen-bond donors (Lipinski definition) is 1. The summed E-state index contributed by atoms with van der Waals surface area (Å²) in [6, 6.07) is 9.96. The maximum absolute atomic E-state index is 12.0. The van der Waals surface area contributed by atoms with Gasteiger partial charge in [0.2, 0.25) is 0 Å². The summed E-state index contributed by atoms with van der Waals surface area (Å²) < 4.78 is 11.0. The molecule has 1 amide bonds. The molecule has 0 unspecified atom stereocenters. The third kappa shape index (κ3) is 4.72. The van der Waals surface area contributed by atoms with Gasteiger partial charge in [-0.25, -0.2) is 4.79 Å². The van der Waals surface area contributed by atoms with E-state index < -0.39 is 18.5 Å². The normalized spacial score (nSPS) is 10.2. The summed E-state index contributed by atoms with van der Waals surface area (Å²) in [5, 5.41) is 3.17. The maximum atomic E-state index is 12.0. The smallest absolute Gasteiger partial charge is 0.338 e. The molecule has 7 heteroatoms. The van der Waals surface area contributed by atoms with E-state index in [0.717, 1.165) is 10.0 Å². The molecule has 0 bridgehead atoms. The van der Waals surface area contributed by atoms with E-state index in [1.54, 1.807) is 36.4 Å². The Labute approximate surface area is 153 Å². The van der Waals surface area contributed by atoms with Crippen LogP contribution < -0.4 is 10.1 Å². The number of anilines is 1. The minimum Gasteiger partial charge on any atom is -0.495 e. The van der Waals surface area contributed by atoms with Crippen LogP contribution in [0.4, 0.5) is 5.69 Å². The number of amides is 1. The molecule has 0 aromatic heterocycles. The van der Waals surface area contributed by atoms with Crippen LogP contribution in [-0.2, 0) is 9.53 Å². The highest BCUT2D eigenvalue weighted by molar-refractivity contribution is 9.10. The largest absolute Gasteiger partial charge is 0.495 e. The van der Waals surface area contributed by atoms with Gasteiger partial charge in [-0.2, -0.15) is 0 Å². The zero-order valence-electron chi connectivity index (χ0n) is 13.1. The average Bonchev–Trinajstić information content (AvgIpc) is 2.56. The van der Waals surface area contributed by atoms with E-state index in [-0.39, 0.29) is 0 Å². The summed E-state index contributed by atoms with van der Waals surface area (Å²) >= 11 is 9.30. The number of nitrogens with one attached hydrogen (secondary N) is 1. The van der Waals surface area contributed by atoms with Crippen molar-refractivity contribution < 1.29 is 19.1 Å². The second-order valence-electron chi connectivity index (χ2n) is 4.93. The number of methoxy groups -OCH3 is 1. The van der Waals surface area contributed by atoms with Gasteiger partial charge in [-0.1, -0.05) is 27.5 Å². The number of carbonyl (C=O) groups excluding carboxylic acids is 2. The summed E-state index contributed by atoms with van der Waals surface area (Å²) in [6.07, 6.45) is 0. The molecule has 0 saturated heterocycles. The van der Waals surface area contributed by atoms with Crippen molar-refractivity contribution in [3.8, 4) is 5.75 Å². The second-order valence-corrected chi connectivity index (χ2v) is 6.26. The van der Waals surface area contributed by atoms with E-state index in [0.29, 0.717) is 22.0 Å². The Morgan fingerprint density at radius 1 is 1.21 bits per heavy atom. The van der Waals surface area contributed by atoms with Crippen LogP contribution in [0.15, 0.2) is 40.9 Å². The van der Waals surface area contributed by atoms with Crippen LogP contribution in [0, 0.1) is 6.92 Å². The molecular weight excluding hydrogens is 398 g/mol. The molecule has 126 valence electrons. The predicted molar refractivity (Wildman–Crippen MR) is 95.8 cm³/mol. The first-order chi connectivity index (χ1) is 11.4. The molecule has 2 aromatic carbocycles. The summed E-state index contributed by atoms with van der Waals surface area (Å²) in [5.74, 6) is -0.615. The van der Waals surface area contributed by atoms with Crippen LogP contribution in [0.3, 0.4) is 0 Å². The van der Waals surface area contributed by atoms with Crippen molar-refractivity contribution in [3.63, 3.8) is 0 Å². The quantitative estimate of drug-likeness (QED) is 0.747. The van der Waals surface area contributed by atoms with Crippen molar-refractivity contribution in [3.05, 3.63) is 57.0 Å². The van der Waals surface area contributed by atoms with Gasteiger partial charge in [-0.05, 0) is 42.8 Å². The van der Waals surface area contributed by atoms with E-state index in [4.69, 9.17) is 21.1 Å². The Morgan fingerprint density at radius 3 is 2.50 bits per heavy atom. The molecule has 0 aliphatic carbocycles. The minimum atomic E-state index is -0.572. The van der Waals surface area contributed by atoms with Gasteiger partial charge in [-0.15, -0.1) is 0 Å². The fraction of sp³-hybridized carbons (Fsp3) is 0.176. The van der Waals surface area contributed by atoms with E-state index in [2.05, 4.69) is 21.2 Å². The number of rotatable bonds is 5. The van der Waals surface area contributed by atoms with Crippen molar-refractivity contribution in [1.82, 2.24) is 0 Å². The molecule has 0 saturated carbocycles. The Balaban J connectivity index is 1.97. The van der Waals surface area contributed by atoms with Gasteiger partial charge >= 0.3 is 5.97 Å². The number of aryl methyl sites for hydroxylation is 1. The SMILES string of the molecule is COc1cc(Cl)c(C)cc1NC(=O)COC(=O)c1ccc(Br)cc1. The zero-order chi connectivity index (χ0) is 17.7. The van der Waals surface area contributed by atoms with Gasteiger partial charge in [-0.3, -0.25) is 4.79 Å². The van der Waals surface area contributed by atoms with Gasteiger partial charge < -0.3 is 14.8 Å². The van der Waals surface area contributed by atoms with Crippen LogP contribution in [0.2, 0.25) is 5.02 Å². The third-order valence-electron chi connectivity index (χ3n) is 3.17. The summed E-state index contributed by atoms with van der Waals surface area (Å²) in [7, 11) is 1.48. The van der Waals surface area contributed by atoms with Gasteiger partial charge in [0.15, 0.2) is 6.61 Å². The minimum absolute atomic E-state index is 0.367. The molecule has 24 heavy (non-hydrogen) atoms. The molecule has 0 heterocycles. The Morgan fingerprint density at radius 2 is 1.88 bits per heavy atom. The third-order valence-corrected chi connectivity index (χ3v) is 4.10. The van der Waals surface area contributed by atoms with Crippen LogP contribution in [0.5, 0.6) is 5.75 Å². The average molecular weight is 413 g/mol. The molecule has 0 aliphatic rings. The lowest BCUT2D eigenvalue weighted by Gasteiger charge is -2.12. The number of esters is 1. The number of hydrogen-bond acceptors (Lipinski definition) is 4. The molecule has 0 spiro atoms. The van der Waals surface area contributed by atoms with E-state index in [9.17, 15) is 9.59 Å². The molecule has 1 N–H and O–H groups in total. The zero-order valence-corrected chi connectivity index (χ0v) is 15.4. The lowest BCUT2D eigenvalue weighted by Crippen LogP contribution is -2.21. The second kappa shape index (κ2) is 8.17. The van der Waals surface area contributed by atoms with E-state index in [1.807, 2.05) is 6.92 Å². The molecular formula is C17H15BrClNO4. The van der Waals surface area contributed by atoms with Crippen molar-refractivity contribution in [2.75, 3.05) is 19.0 Å². The molecule has 0 radical (unpaired) electrons. The summed E-state index contributed by atoms with van der Waals surface area (Å²) in [4.78, 5) is 23.9. The van der Waals surface area contributed by atoms with Gasteiger partial charge in [0.1, 0.15) is 5.75 Å². The first kappa shape index (κ1) is 18.3. The monoisotopic (exact) mass is 411 g/mol.